The molecule has 0 aromatic rings. The van der Waals surface area contributed by atoms with Crippen LogP contribution < -0.4 is 5.32 Å². The van der Waals surface area contributed by atoms with Crippen molar-refractivity contribution < 1.29 is 9.59 Å². The Morgan fingerprint density at radius 3 is 2.03 bits per heavy atom. The molecule has 2 aliphatic rings. The monoisotopic (exact) mass is 535 g/mol. The Morgan fingerprint density at radius 2 is 1.47 bits per heavy atom. The number of halogens is 1. The number of hydrogen-bond acceptors (Lipinski definition) is 3. The van der Waals surface area contributed by atoms with Crippen molar-refractivity contribution in [1.29, 1.82) is 0 Å². The molecule has 0 aliphatic carbocycles. The molecule has 0 bridgehead atoms. The number of carbonyl (C=O) groups excluding carboxylic acids is 2. The minimum absolute atomic E-state index is 0. The third-order valence-electron chi connectivity index (χ3n) is 5.62. The second-order valence-corrected chi connectivity index (χ2v) is 8.60. The van der Waals surface area contributed by atoms with Crippen LogP contribution in [0.3, 0.4) is 0 Å². The first-order chi connectivity index (χ1) is 14.0. The number of rotatable bonds is 9. The Kier molecular flexibility index (Phi) is 13.4. The molecule has 0 radical (unpaired) electrons. The summed E-state index contributed by atoms with van der Waals surface area (Å²) in [6.45, 7) is 12.9. The maximum atomic E-state index is 12.4. The summed E-state index contributed by atoms with van der Waals surface area (Å²) in [7, 11) is 0. The summed E-state index contributed by atoms with van der Waals surface area (Å²) in [5.41, 5.74) is 0. The minimum Gasteiger partial charge on any atom is -0.357 e. The van der Waals surface area contributed by atoms with E-state index in [-0.39, 0.29) is 35.8 Å². The van der Waals surface area contributed by atoms with E-state index in [1.165, 1.54) is 12.8 Å². The summed E-state index contributed by atoms with van der Waals surface area (Å²) >= 11 is 0. The number of unbranched alkanes of at least 4 members (excludes halogenated alkanes) is 2. The maximum Gasteiger partial charge on any atom is 0.222 e. The van der Waals surface area contributed by atoms with Crippen molar-refractivity contribution in [3.8, 4) is 0 Å². The van der Waals surface area contributed by atoms with Crippen LogP contribution >= 0.6 is 24.0 Å². The average Bonchev–Trinajstić information content (AvgIpc) is 3.24. The summed E-state index contributed by atoms with van der Waals surface area (Å²) in [4.78, 5) is 35.5. The highest BCUT2D eigenvalue weighted by atomic mass is 127. The van der Waals surface area contributed by atoms with Crippen molar-refractivity contribution in [1.82, 2.24) is 20.0 Å². The van der Waals surface area contributed by atoms with Crippen LogP contribution in [0.5, 0.6) is 0 Å². The molecular formula is C22H42IN5O2. The molecule has 2 fully saturated rings. The predicted octanol–water partition coefficient (Wildman–Crippen LogP) is 2.94. The van der Waals surface area contributed by atoms with Gasteiger partial charge in [-0.05, 0) is 38.5 Å². The predicted molar refractivity (Wildman–Crippen MR) is 133 cm³/mol. The number of nitrogens with one attached hydrogen (secondary N) is 1. The highest BCUT2D eigenvalue weighted by Gasteiger charge is 2.24. The van der Waals surface area contributed by atoms with E-state index in [0.29, 0.717) is 44.9 Å². The van der Waals surface area contributed by atoms with Gasteiger partial charge in [-0.2, -0.15) is 0 Å². The lowest BCUT2D eigenvalue weighted by Gasteiger charge is -2.35. The van der Waals surface area contributed by atoms with Crippen molar-refractivity contribution in [2.75, 3.05) is 52.4 Å². The fourth-order valence-electron chi connectivity index (χ4n) is 3.95. The first-order valence-electron chi connectivity index (χ1n) is 11.6. The van der Waals surface area contributed by atoms with E-state index in [2.05, 4.69) is 31.0 Å². The van der Waals surface area contributed by atoms with Crippen LogP contribution in [0.25, 0.3) is 0 Å². The number of likely N-dealkylation sites (tertiary alicyclic amines) is 1. The van der Waals surface area contributed by atoms with Crippen LogP contribution in [0, 0.1) is 5.92 Å². The van der Waals surface area contributed by atoms with Crippen LogP contribution in [0.1, 0.15) is 65.7 Å². The van der Waals surface area contributed by atoms with Crippen molar-refractivity contribution in [3.05, 3.63) is 0 Å². The zero-order valence-electron chi connectivity index (χ0n) is 19.2. The minimum atomic E-state index is 0. The molecular weight excluding hydrogens is 493 g/mol. The Labute approximate surface area is 200 Å². The van der Waals surface area contributed by atoms with Crippen molar-refractivity contribution >= 4 is 41.8 Å². The molecule has 2 rings (SSSR count). The fraction of sp³-hybridized carbons (Fsp3) is 0.864. The lowest BCUT2D eigenvalue weighted by atomic mass is 10.1. The van der Waals surface area contributed by atoms with Crippen molar-refractivity contribution in [2.24, 2.45) is 10.9 Å². The van der Waals surface area contributed by atoms with Crippen LogP contribution in [0.4, 0.5) is 0 Å². The van der Waals surface area contributed by atoms with Crippen LogP contribution in [-0.4, -0.2) is 84.8 Å². The second-order valence-electron chi connectivity index (χ2n) is 8.60. The van der Waals surface area contributed by atoms with E-state index in [9.17, 15) is 9.59 Å². The third kappa shape index (κ3) is 9.39. The number of piperazine rings is 1. The van der Waals surface area contributed by atoms with E-state index in [1.807, 2.05) is 9.80 Å². The second kappa shape index (κ2) is 14.9. The number of aliphatic imine (C=N–C) groups is 1. The Bertz CT molecular complexity index is 542. The van der Waals surface area contributed by atoms with Gasteiger partial charge in [0.25, 0.3) is 0 Å². The Balaban J connectivity index is 0.00000450. The zero-order chi connectivity index (χ0) is 21.1. The maximum absolute atomic E-state index is 12.4. The first kappa shape index (κ1) is 27.0. The van der Waals surface area contributed by atoms with E-state index in [0.717, 1.165) is 51.4 Å². The van der Waals surface area contributed by atoms with Gasteiger partial charge in [-0.25, -0.2) is 0 Å². The average molecular weight is 536 g/mol. The molecule has 0 aromatic heterocycles. The Hall–Kier alpha value is -1.06. The normalized spacial score (nSPS) is 17.3. The third-order valence-corrected chi connectivity index (χ3v) is 5.62. The molecule has 1 N–H and O–H groups in total. The van der Waals surface area contributed by atoms with Crippen LogP contribution in [-0.2, 0) is 9.59 Å². The molecule has 8 heteroatoms. The van der Waals surface area contributed by atoms with E-state index in [4.69, 9.17) is 4.99 Å². The van der Waals surface area contributed by atoms with Gasteiger partial charge in [0.2, 0.25) is 11.8 Å². The molecule has 0 aromatic carbocycles. The molecule has 0 unspecified atom stereocenters. The summed E-state index contributed by atoms with van der Waals surface area (Å²) in [5.74, 6) is 1.88. The molecule has 0 saturated carbocycles. The largest absolute Gasteiger partial charge is 0.357 e. The molecule has 2 aliphatic heterocycles. The lowest BCUT2D eigenvalue weighted by molar-refractivity contribution is -0.140. The van der Waals surface area contributed by atoms with Gasteiger partial charge in [0.1, 0.15) is 0 Å². The van der Waals surface area contributed by atoms with Crippen LogP contribution in [0.2, 0.25) is 0 Å². The zero-order valence-corrected chi connectivity index (χ0v) is 21.5. The van der Waals surface area contributed by atoms with Gasteiger partial charge >= 0.3 is 0 Å². The number of hydrogen-bond donors (Lipinski definition) is 1. The van der Waals surface area contributed by atoms with E-state index >= 15 is 0 Å². The number of carbonyl (C=O) groups is 2. The van der Waals surface area contributed by atoms with Gasteiger partial charge in [-0.15, -0.1) is 24.0 Å². The fourth-order valence-corrected chi connectivity index (χ4v) is 3.95. The molecule has 2 saturated heterocycles. The van der Waals surface area contributed by atoms with Crippen LogP contribution in [0.15, 0.2) is 4.99 Å². The molecule has 30 heavy (non-hydrogen) atoms. The van der Waals surface area contributed by atoms with Crippen molar-refractivity contribution in [2.45, 2.75) is 65.7 Å². The highest BCUT2D eigenvalue weighted by molar-refractivity contribution is 14.0. The smallest absolute Gasteiger partial charge is 0.222 e. The molecule has 174 valence electrons. The number of amides is 2. The Morgan fingerprint density at radius 1 is 0.867 bits per heavy atom. The van der Waals surface area contributed by atoms with Gasteiger partial charge in [0, 0.05) is 65.2 Å². The summed E-state index contributed by atoms with van der Waals surface area (Å²) in [6, 6.07) is 0. The topological polar surface area (TPSA) is 68.2 Å². The van der Waals surface area contributed by atoms with Gasteiger partial charge in [0.15, 0.2) is 5.96 Å². The molecule has 0 spiro atoms. The molecule has 2 heterocycles. The lowest BCUT2D eigenvalue weighted by Crippen LogP contribution is -2.50. The van der Waals surface area contributed by atoms with E-state index in [1.54, 1.807) is 0 Å². The molecule has 2 amide bonds. The molecule has 0 atom stereocenters. The SMILES string of the molecule is CCNC(=NCCCCCC(=O)N1CCN(C(=O)CC(C)C)CC1)N1CCCC1.I. The molecule has 7 nitrogen and oxygen atoms in total. The first-order valence-corrected chi connectivity index (χ1v) is 11.6. The summed E-state index contributed by atoms with van der Waals surface area (Å²) < 4.78 is 0. The quantitative estimate of drug-likeness (QED) is 0.214. The van der Waals surface area contributed by atoms with Gasteiger partial charge in [-0.1, -0.05) is 20.3 Å². The summed E-state index contributed by atoms with van der Waals surface area (Å²) in [5, 5.41) is 3.39. The summed E-state index contributed by atoms with van der Waals surface area (Å²) in [6.07, 6.45) is 6.69. The van der Waals surface area contributed by atoms with Gasteiger partial charge in [0.05, 0.1) is 0 Å². The highest BCUT2D eigenvalue weighted by Crippen LogP contribution is 2.11. The van der Waals surface area contributed by atoms with Crippen molar-refractivity contribution in [3.63, 3.8) is 0 Å². The standard InChI is InChI=1S/C22H41N5O2.HI/c1-4-23-22(27-12-8-9-13-27)24-11-7-5-6-10-20(28)25-14-16-26(17-15-25)21(29)18-19(2)3;/h19H,4-18H2,1-3H3,(H,23,24);1H. The number of nitrogens with zero attached hydrogens (tertiary/aromatic N) is 4. The van der Waals surface area contributed by atoms with E-state index < -0.39 is 0 Å². The number of guanidine groups is 1. The van der Waals surface area contributed by atoms with Gasteiger partial charge in [-0.3, -0.25) is 14.6 Å². The van der Waals surface area contributed by atoms with Gasteiger partial charge < -0.3 is 20.0 Å².